The van der Waals surface area contributed by atoms with E-state index in [1.165, 1.54) is 0 Å². The minimum atomic E-state index is -3.25. The molecule has 2 aliphatic heterocycles. The van der Waals surface area contributed by atoms with Crippen LogP contribution in [0.1, 0.15) is 26.7 Å². The highest BCUT2D eigenvalue weighted by Crippen LogP contribution is 2.25. The Balaban J connectivity index is 2.07. The Morgan fingerprint density at radius 3 is 2.71 bits per heavy atom. The molecule has 2 rings (SSSR count). The maximum atomic E-state index is 12.3. The van der Waals surface area contributed by atoms with Gasteiger partial charge >= 0.3 is 0 Å². The van der Waals surface area contributed by atoms with Crippen LogP contribution in [0.4, 0.5) is 0 Å². The van der Waals surface area contributed by atoms with Gasteiger partial charge in [0, 0.05) is 13.2 Å². The second-order valence-corrected chi connectivity index (χ2v) is 7.29. The summed E-state index contributed by atoms with van der Waals surface area (Å²) in [5.74, 6) is 0.108. The smallest absolute Gasteiger partial charge is 0.217 e. The largest absolute Gasteiger partial charge is 0.378 e. The molecule has 2 heterocycles. The fraction of sp³-hybridized carbons (Fsp3) is 1.00. The van der Waals surface area contributed by atoms with Crippen molar-refractivity contribution in [1.29, 1.82) is 0 Å². The third-order valence-corrected chi connectivity index (χ3v) is 5.47. The molecular formula is C11H21NO4S. The van der Waals surface area contributed by atoms with Gasteiger partial charge in [0.15, 0.2) is 0 Å². The van der Waals surface area contributed by atoms with Gasteiger partial charge in [-0.25, -0.2) is 8.42 Å². The van der Waals surface area contributed by atoms with Crippen LogP contribution in [-0.2, 0) is 19.5 Å². The van der Waals surface area contributed by atoms with Gasteiger partial charge in [0.25, 0.3) is 0 Å². The molecule has 0 radical (unpaired) electrons. The molecule has 6 heteroatoms. The molecule has 2 aliphatic rings. The zero-order valence-electron chi connectivity index (χ0n) is 10.5. The van der Waals surface area contributed by atoms with Gasteiger partial charge < -0.3 is 9.47 Å². The van der Waals surface area contributed by atoms with E-state index in [9.17, 15) is 8.42 Å². The molecule has 100 valence electrons. The van der Waals surface area contributed by atoms with Gasteiger partial charge in [-0.15, -0.1) is 0 Å². The Labute approximate surface area is 103 Å². The summed E-state index contributed by atoms with van der Waals surface area (Å²) in [5, 5.41) is 0. The van der Waals surface area contributed by atoms with Crippen molar-refractivity contribution in [1.82, 2.24) is 4.31 Å². The predicted molar refractivity (Wildman–Crippen MR) is 64.4 cm³/mol. The molecule has 5 nitrogen and oxygen atoms in total. The maximum Gasteiger partial charge on any atom is 0.217 e. The Kier molecular flexibility index (Phi) is 3.77. The van der Waals surface area contributed by atoms with Crippen LogP contribution in [0.5, 0.6) is 0 Å². The zero-order chi connectivity index (χ0) is 12.5. The number of sulfonamides is 1. The van der Waals surface area contributed by atoms with Crippen LogP contribution in [0.3, 0.4) is 0 Å². The van der Waals surface area contributed by atoms with Crippen molar-refractivity contribution in [3.63, 3.8) is 0 Å². The van der Waals surface area contributed by atoms with E-state index in [0.717, 1.165) is 12.8 Å². The van der Waals surface area contributed by atoms with E-state index >= 15 is 0 Å². The summed E-state index contributed by atoms with van der Waals surface area (Å²) in [4.78, 5) is 0. The Morgan fingerprint density at radius 2 is 2.12 bits per heavy atom. The predicted octanol–water partition coefficient (Wildman–Crippen LogP) is 0.606. The third kappa shape index (κ3) is 2.99. The average molecular weight is 263 g/mol. The summed E-state index contributed by atoms with van der Waals surface area (Å²) in [5.41, 5.74) is -0.449. The highest BCUT2D eigenvalue weighted by molar-refractivity contribution is 7.89. The van der Waals surface area contributed by atoms with Crippen molar-refractivity contribution in [3.05, 3.63) is 0 Å². The lowest BCUT2D eigenvalue weighted by Crippen LogP contribution is -2.56. The van der Waals surface area contributed by atoms with Crippen LogP contribution in [0.25, 0.3) is 0 Å². The molecule has 1 atom stereocenters. The van der Waals surface area contributed by atoms with Crippen molar-refractivity contribution < 1.29 is 17.9 Å². The third-order valence-electron chi connectivity index (χ3n) is 3.33. The fourth-order valence-corrected chi connectivity index (χ4v) is 4.53. The van der Waals surface area contributed by atoms with Crippen molar-refractivity contribution in [3.8, 4) is 0 Å². The van der Waals surface area contributed by atoms with E-state index in [2.05, 4.69) is 0 Å². The molecular weight excluding hydrogens is 242 g/mol. The lowest BCUT2D eigenvalue weighted by atomic mass is 10.1. The molecule has 0 aromatic heterocycles. The minimum Gasteiger partial charge on any atom is -0.378 e. The molecule has 0 saturated carbocycles. The highest BCUT2D eigenvalue weighted by atomic mass is 32.2. The van der Waals surface area contributed by atoms with Crippen molar-refractivity contribution in [2.45, 2.75) is 38.3 Å². The number of hydrogen-bond acceptors (Lipinski definition) is 4. The molecule has 0 spiro atoms. The molecule has 2 fully saturated rings. The maximum absolute atomic E-state index is 12.3. The summed E-state index contributed by atoms with van der Waals surface area (Å²) in [7, 11) is -3.25. The summed E-state index contributed by atoms with van der Waals surface area (Å²) < 4.78 is 37.0. The number of morpholine rings is 1. The van der Waals surface area contributed by atoms with Crippen molar-refractivity contribution in [2.75, 3.05) is 32.1 Å². The van der Waals surface area contributed by atoms with Gasteiger partial charge in [0.05, 0.1) is 30.6 Å². The van der Waals surface area contributed by atoms with Crippen LogP contribution >= 0.6 is 0 Å². The summed E-state index contributed by atoms with van der Waals surface area (Å²) in [6.07, 6.45) is 1.69. The molecule has 0 aromatic carbocycles. The fourth-order valence-electron chi connectivity index (χ4n) is 2.46. The standard InChI is InChI=1S/C11H21NO4S/c1-11(2)9-15-7-5-12(11)17(13,14)8-10-4-3-6-16-10/h10H,3-9H2,1-2H3. The van der Waals surface area contributed by atoms with Crippen LogP contribution in [-0.4, -0.2) is 56.5 Å². The molecule has 0 aromatic rings. The van der Waals surface area contributed by atoms with Crippen molar-refractivity contribution >= 4 is 10.0 Å². The molecule has 0 amide bonds. The second-order valence-electron chi connectivity index (χ2n) is 5.35. The van der Waals surface area contributed by atoms with E-state index in [4.69, 9.17) is 9.47 Å². The number of ether oxygens (including phenoxy) is 2. The molecule has 1 unspecified atom stereocenters. The topological polar surface area (TPSA) is 55.8 Å². The van der Waals surface area contributed by atoms with Gasteiger partial charge in [0.2, 0.25) is 10.0 Å². The zero-order valence-corrected chi connectivity index (χ0v) is 11.3. The van der Waals surface area contributed by atoms with Crippen LogP contribution in [0.2, 0.25) is 0 Å². The molecule has 2 saturated heterocycles. The Hall–Kier alpha value is -0.170. The van der Waals surface area contributed by atoms with Gasteiger partial charge in [-0.05, 0) is 26.7 Å². The van der Waals surface area contributed by atoms with Gasteiger partial charge in [-0.3, -0.25) is 0 Å². The number of rotatable bonds is 3. The first-order chi connectivity index (χ1) is 7.92. The monoisotopic (exact) mass is 263 g/mol. The number of nitrogens with zero attached hydrogens (tertiary/aromatic N) is 1. The van der Waals surface area contributed by atoms with E-state index in [0.29, 0.717) is 26.4 Å². The molecule has 0 bridgehead atoms. The van der Waals surface area contributed by atoms with Gasteiger partial charge in [-0.2, -0.15) is 4.31 Å². The van der Waals surface area contributed by atoms with Crippen LogP contribution in [0, 0.1) is 0 Å². The summed E-state index contributed by atoms with van der Waals surface area (Å²) >= 11 is 0. The van der Waals surface area contributed by atoms with E-state index in [1.54, 1.807) is 4.31 Å². The summed E-state index contributed by atoms with van der Waals surface area (Å²) in [6, 6.07) is 0. The SMILES string of the molecule is CC1(C)COCCN1S(=O)(=O)CC1CCCO1. The first-order valence-corrected chi connectivity index (χ1v) is 7.73. The second kappa shape index (κ2) is 4.84. The number of hydrogen-bond donors (Lipinski definition) is 0. The van der Waals surface area contributed by atoms with E-state index < -0.39 is 15.6 Å². The summed E-state index contributed by atoms with van der Waals surface area (Å²) in [6.45, 7) is 5.87. The van der Waals surface area contributed by atoms with E-state index in [-0.39, 0.29) is 11.9 Å². The lowest BCUT2D eigenvalue weighted by Gasteiger charge is -2.41. The Bertz CT molecular complexity index is 360. The minimum absolute atomic E-state index is 0.108. The van der Waals surface area contributed by atoms with Gasteiger partial charge in [0.1, 0.15) is 0 Å². The van der Waals surface area contributed by atoms with Crippen LogP contribution < -0.4 is 0 Å². The van der Waals surface area contributed by atoms with Crippen LogP contribution in [0.15, 0.2) is 0 Å². The molecule has 17 heavy (non-hydrogen) atoms. The lowest BCUT2D eigenvalue weighted by molar-refractivity contribution is -0.00829. The normalized spacial score (nSPS) is 30.6. The van der Waals surface area contributed by atoms with Crippen molar-refractivity contribution in [2.24, 2.45) is 0 Å². The van der Waals surface area contributed by atoms with Gasteiger partial charge in [-0.1, -0.05) is 0 Å². The van der Waals surface area contributed by atoms with E-state index in [1.807, 2.05) is 13.8 Å². The highest BCUT2D eigenvalue weighted by Gasteiger charge is 2.40. The average Bonchev–Trinajstić information content (AvgIpc) is 2.68. The first-order valence-electron chi connectivity index (χ1n) is 6.12. The quantitative estimate of drug-likeness (QED) is 0.748. The molecule has 0 aliphatic carbocycles. The molecule has 0 N–H and O–H groups in total. The first kappa shape index (κ1) is 13.3. The Morgan fingerprint density at radius 1 is 1.35 bits per heavy atom.